The van der Waals surface area contributed by atoms with E-state index in [9.17, 15) is 0 Å². The Morgan fingerprint density at radius 2 is 1.95 bits per heavy atom. The predicted molar refractivity (Wildman–Crippen MR) is 82.6 cm³/mol. The Kier molecular flexibility index (Phi) is 3.29. The highest BCUT2D eigenvalue weighted by atomic mass is 14.9. The molecular weight excluding hydrogens is 230 g/mol. The first kappa shape index (κ1) is 12.3. The minimum absolute atomic E-state index is 0.707. The summed E-state index contributed by atoms with van der Waals surface area (Å²) in [5, 5.41) is 3.46. The van der Waals surface area contributed by atoms with Crippen molar-refractivity contribution in [3.63, 3.8) is 0 Å². The Hall–Kier alpha value is -1.76. The van der Waals surface area contributed by atoms with Crippen LogP contribution in [0.15, 0.2) is 42.5 Å². The first-order chi connectivity index (χ1) is 9.24. The van der Waals surface area contributed by atoms with E-state index in [0.29, 0.717) is 5.92 Å². The fraction of sp³-hybridized carbons (Fsp3) is 0.333. The molecule has 1 aliphatic rings. The number of hydrogen-bond acceptors (Lipinski definition) is 1. The third kappa shape index (κ3) is 2.51. The van der Waals surface area contributed by atoms with Crippen LogP contribution in [0, 0.1) is 5.92 Å². The van der Waals surface area contributed by atoms with Gasteiger partial charge in [0.05, 0.1) is 0 Å². The van der Waals surface area contributed by atoms with Gasteiger partial charge in [0.2, 0.25) is 0 Å². The van der Waals surface area contributed by atoms with Crippen LogP contribution in [0.5, 0.6) is 0 Å². The molecule has 0 aliphatic carbocycles. The molecule has 98 valence electrons. The molecule has 0 saturated carbocycles. The Morgan fingerprint density at radius 3 is 2.79 bits per heavy atom. The Morgan fingerprint density at radius 1 is 1.11 bits per heavy atom. The van der Waals surface area contributed by atoms with Crippen LogP contribution in [-0.2, 0) is 12.8 Å². The Labute approximate surface area is 115 Å². The van der Waals surface area contributed by atoms with E-state index in [4.69, 9.17) is 0 Å². The third-order valence-corrected chi connectivity index (χ3v) is 3.75. The first-order valence-electron chi connectivity index (χ1n) is 7.19. The fourth-order valence-corrected chi connectivity index (χ4v) is 2.95. The number of hydrogen-bond donors (Lipinski definition) is 1. The summed E-state index contributed by atoms with van der Waals surface area (Å²) in [5.41, 5.74) is 6.99. The van der Waals surface area contributed by atoms with E-state index < -0.39 is 0 Å². The molecule has 2 aromatic rings. The van der Waals surface area contributed by atoms with E-state index >= 15 is 0 Å². The van der Waals surface area contributed by atoms with Gasteiger partial charge in [-0.25, -0.2) is 0 Å². The zero-order valence-corrected chi connectivity index (χ0v) is 11.7. The molecule has 1 heteroatoms. The highest BCUT2D eigenvalue weighted by Crippen LogP contribution is 2.33. The molecule has 2 aromatic carbocycles. The molecule has 0 amide bonds. The van der Waals surface area contributed by atoms with E-state index in [0.717, 1.165) is 19.4 Å². The van der Waals surface area contributed by atoms with Gasteiger partial charge in [-0.3, -0.25) is 0 Å². The summed E-state index contributed by atoms with van der Waals surface area (Å²) in [6.07, 6.45) is 2.29. The van der Waals surface area contributed by atoms with Crippen LogP contribution < -0.4 is 5.32 Å². The second-order valence-corrected chi connectivity index (χ2v) is 5.81. The third-order valence-electron chi connectivity index (χ3n) is 3.75. The monoisotopic (exact) mass is 251 g/mol. The van der Waals surface area contributed by atoms with Gasteiger partial charge < -0.3 is 5.32 Å². The lowest BCUT2D eigenvalue weighted by atomic mass is 9.94. The molecule has 1 aliphatic heterocycles. The zero-order valence-electron chi connectivity index (χ0n) is 11.7. The quantitative estimate of drug-likeness (QED) is 0.845. The molecule has 0 radical (unpaired) electrons. The molecular formula is C18H21N. The van der Waals surface area contributed by atoms with Gasteiger partial charge in [-0.15, -0.1) is 0 Å². The molecule has 0 fully saturated rings. The number of benzene rings is 2. The summed E-state index contributed by atoms with van der Waals surface area (Å²) in [6, 6.07) is 15.6. The van der Waals surface area contributed by atoms with E-state index in [1.165, 1.54) is 27.9 Å². The number of fused-ring (bicyclic) bond motifs is 1. The van der Waals surface area contributed by atoms with Crippen LogP contribution in [0.1, 0.15) is 25.0 Å². The van der Waals surface area contributed by atoms with Crippen molar-refractivity contribution in [1.29, 1.82) is 0 Å². The number of nitrogens with one attached hydrogen (secondary N) is 1. The van der Waals surface area contributed by atoms with E-state index in [2.05, 4.69) is 61.6 Å². The van der Waals surface area contributed by atoms with Crippen LogP contribution in [0.2, 0.25) is 0 Å². The average Bonchev–Trinajstić information content (AvgIpc) is 2.86. The molecule has 3 rings (SSSR count). The van der Waals surface area contributed by atoms with E-state index in [1.807, 2.05) is 0 Å². The topological polar surface area (TPSA) is 12.0 Å². The lowest BCUT2D eigenvalue weighted by Gasteiger charge is -2.11. The standard InChI is InChI=1S/C18H21N/c1-13(2)11-14-5-3-6-15(12-14)16-7-4-8-18-17(16)9-10-19-18/h3-8,12-13,19H,9-11H2,1-2H3. The second-order valence-electron chi connectivity index (χ2n) is 5.81. The van der Waals surface area contributed by atoms with Crippen LogP contribution in [0.25, 0.3) is 11.1 Å². The maximum absolute atomic E-state index is 3.46. The minimum atomic E-state index is 0.707. The SMILES string of the molecule is CC(C)Cc1cccc(-c2cccc3c2CCN3)c1. The van der Waals surface area contributed by atoms with Crippen molar-refractivity contribution in [2.75, 3.05) is 11.9 Å². The first-order valence-corrected chi connectivity index (χ1v) is 7.19. The summed E-state index contributed by atoms with van der Waals surface area (Å²) in [4.78, 5) is 0. The largest absolute Gasteiger partial charge is 0.384 e. The van der Waals surface area contributed by atoms with Crippen molar-refractivity contribution in [3.05, 3.63) is 53.6 Å². The van der Waals surface area contributed by atoms with Crippen LogP contribution in [-0.4, -0.2) is 6.54 Å². The minimum Gasteiger partial charge on any atom is -0.384 e. The highest BCUT2D eigenvalue weighted by molar-refractivity contribution is 5.76. The lowest BCUT2D eigenvalue weighted by molar-refractivity contribution is 0.647. The van der Waals surface area contributed by atoms with Gasteiger partial charge in [-0.1, -0.05) is 50.2 Å². The Balaban J connectivity index is 2.01. The van der Waals surface area contributed by atoms with Crippen molar-refractivity contribution >= 4 is 5.69 Å². The van der Waals surface area contributed by atoms with Crippen LogP contribution >= 0.6 is 0 Å². The fourth-order valence-electron chi connectivity index (χ4n) is 2.95. The summed E-state index contributed by atoms with van der Waals surface area (Å²) in [5.74, 6) is 0.707. The highest BCUT2D eigenvalue weighted by Gasteiger charge is 2.14. The molecule has 0 atom stereocenters. The maximum atomic E-state index is 3.46. The zero-order chi connectivity index (χ0) is 13.2. The smallest absolute Gasteiger partial charge is 0.0379 e. The van der Waals surface area contributed by atoms with Gasteiger partial charge in [0.15, 0.2) is 0 Å². The van der Waals surface area contributed by atoms with E-state index in [-0.39, 0.29) is 0 Å². The van der Waals surface area contributed by atoms with Crippen molar-refractivity contribution < 1.29 is 0 Å². The van der Waals surface area contributed by atoms with Crippen LogP contribution in [0.3, 0.4) is 0 Å². The average molecular weight is 251 g/mol. The summed E-state index contributed by atoms with van der Waals surface area (Å²) >= 11 is 0. The summed E-state index contributed by atoms with van der Waals surface area (Å²) in [6.45, 7) is 5.62. The molecule has 0 aromatic heterocycles. The summed E-state index contributed by atoms with van der Waals surface area (Å²) in [7, 11) is 0. The molecule has 0 saturated heterocycles. The van der Waals surface area contributed by atoms with Gasteiger partial charge in [0, 0.05) is 12.2 Å². The lowest BCUT2D eigenvalue weighted by Crippen LogP contribution is -1.94. The van der Waals surface area contributed by atoms with Gasteiger partial charge in [-0.05, 0) is 47.1 Å². The molecule has 1 nitrogen and oxygen atoms in total. The summed E-state index contributed by atoms with van der Waals surface area (Å²) < 4.78 is 0. The predicted octanol–water partition coefficient (Wildman–Crippen LogP) is 4.52. The van der Waals surface area contributed by atoms with Crippen LogP contribution in [0.4, 0.5) is 5.69 Å². The molecule has 0 bridgehead atoms. The van der Waals surface area contributed by atoms with Crippen molar-refractivity contribution in [2.45, 2.75) is 26.7 Å². The van der Waals surface area contributed by atoms with Crippen molar-refractivity contribution in [3.8, 4) is 11.1 Å². The molecule has 0 unspecified atom stereocenters. The van der Waals surface area contributed by atoms with Crippen molar-refractivity contribution in [2.24, 2.45) is 5.92 Å². The van der Waals surface area contributed by atoms with Crippen molar-refractivity contribution in [1.82, 2.24) is 0 Å². The molecule has 1 N–H and O–H groups in total. The maximum Gasteiger partial charge on any atom is 0.0379 e. The van der Waals surface area contributed by atoms with Gasteiger partial charge >= 0.3 is 0 Å². The van der Waals surface area contributed by atoms with Gasteiger partial charge in [0.25, 0.3) is 0 Å². The number of rotatable bonds is 3. The second kappa shape index (κ2) is 5.08. The Bertz CT molecular complexity index is 584. The van der Waals surface area contributed by atoms with Gasteiger partial charge in [-0.2, -0.15) is 0 Å². The molecule has 19 heavy (non-hydrogen) atoms. The normalized spacial score (nSPS) is 13.4. The number of anilines is 1. The van der Waals surface area contributed by atoms with E-state index in [1.54, 1.807) is 0 Å². The molecule has 1 heterocycles. The molecule has 0 spiro atoms. The van der Waals surface area contributed by atoms with Gasteiger partial charge in [0.1, 0.15) is 0 Å².